The molecule has 1 aromatic carbocycles. The molecule has 0 heterocycles. The number of aryl methyl sites for hydroxylation is 1. The summed E-state index contributed by atoms with van der Waals surface area (Å²) in [5.74, 6) is -0.594. The van der Waals surface area contributed by atoms with Crippen LogP contribution in [0.2, 0.25) is 0 Å². The number of rotatable bonds is 7. The van der Waals surface area contributed by atoms with Crippen molar-refractivity contribution in [3.8, 4) is 0 Å². The third-order valence-corrected chi connectivity index (χ3v) is 4.57. The lowest BCUT2D eigenvalue weighted by molar-refractivity contribution is -0.141. The van der Waals surface area contributed by atoms with Gasteiger partial charge in [0.05, 0.1) is 0 Å². The van der Waals surface area contributed by atoms with E-state index in [4.69, 9.17) is 4.74 Å². The topological polar surface area (TPSA) is 87.7 Å². The fourth-order valence-electron chi connectivity index (χ4n) is 3.16. The van der Waals surface area contributed by atoms with Gasteiger partial charge in [0.25, 0.3) is 0 Å². The quantitative estimate of drug-likeness (QED) is 0.680. The summed E-state index contributed by atoms with van der Waals surface area (Å²) in [5, 5.41) is 5.52. The third kappa shape index (κ3) is 8.59. The summed E-state index contributed by atoms with van der Waals surface area (Å²) in [6, 6.07) is 4.95. The highest BCUT2D eigenvalue weighted by molar-refractivity contribution is 5.91. The van der Waals surface area contributed by atoms with E-state index in [1.54, 1.807) is 25.7 Å². The summed E-state index contributed by atoms with van der Waals surface area (Å²) in [6.45, 7) is 17.0. The minimum Gasteiger partial charge on any atom is -0.444 e. The highest BCUT2D eigenvalue weighted by atomic mass is 16.6. The van der Waals surface area contributed by atoms with Crippen LogP contribution in [0, 0.1) is 13.8 Å². The van der Waals surface area contributed by atoms with Crippen LogP contribution in [0.1, 0.15) is 77.6 Å². The predicted octanol–water partition coefficient (Wildman–Crippen LogP) is 4.02. The Morgan fingerprint density at radius 1 is 1.06 bits per heavy atom. The summed E-state index contributed by atoms with van der Waals surface area (Å²) < 4.78 is 5.22. The van der Waals surface area contributed by atoms with Gasteiger partial charge in [-0.05, 0) is 78.5 Å². The molecular formula is C24H39N3O4. The van der Waals surface area contributed by atoms with Crippen LogP contribution in [-0.4, -0.2) is 47.0 Å². The summed E-state index contributed by atoms with van der Waals surface area (Å²) in [7, 11) is 0. The van der Waals surface area contributed by atoms with Gasteiger partial charge in [0.1, 0.15) is 18.2 Å². The first-order chi connectivity index (χ1) is 14.2. The Morgan fingerprint density at radius 2 is 1.68 bits per heavy atom. The zero-order valence-corrected chi connectivity index (χ0v) is 20.5. The Kier molecular flexibility index (Phi) is 9.09. The van der Waals surface area contributed by atoms with Gasteiger partial charge >= 0.3 is 6.09 Å². The highest BCUT2D eigenvalue weighted by Gasteiger charge is 2.34. The van der Waals surface area contributed by atoms with Crippen LogP contribution in [-0.2, 0) is 14.3 Å². The molecular weight excluding hydrogens is 394 g/mol. The molecule has 0 spiro atoms. The molecule has 7 nitrogen and oxygen atoms in total. The maximum atomic E-state index is 13.4. The maximum Gasteiger partial charge on any atom is 0.408 e. The summed E-state index contributed by atoms with van der Waals surface area (Å²) >= 11 is 0. The van der Waals surface area contributed by atoms with Crippen molar-refractivity contribution < 1.29 is 19.1 Å². The maximum absolute atomic E-state index is 13.4. The molecule has 0 radical (unpaired) electrons. The molecule has 1 atom stereocenters. The molecule has 0 bridgehead atoms. The molecule has 0 aromatic heterocycles. The number of nitrogens with zero attached hydrogens (tertiary/aromatic N) is 1. The number of benzene rings is 1. The summed E-state index contributed by atoms with van der Waals surface area (Å²) in [5.41, 5.74) is 1.67. The molecule has 0 fully saturated rings. The SMILES string of the molecule is CCCN(C(=O)CNC(=O)OC(C)(C)C)C(C(=O)NC(C)(C)C)c1cccc(C)c1C. The lowest BCUT2D eigenvalue weighted by Gasteiger charge is -2.34. The fourth-order valence-corrected chi connectivity index (χ4v) is 3.16. The molecule has 0 saturated heterocycles. The Labute approximate surface area is 186 Å². The van der Waals surface area contributed by atoms with E-state index in [2.05, 4.69) is 10.6 Å². The van der Waals surface area contributed by atoms with Gasteiger partial charge in [0.15, 0.2) is 0 Å². The van der Waals surface area contributed by atoms with Crippen molar-refractivity contribution in [2.75, 3.05) is 13.1 Å². The number of ether oxygens (including phenoxy) is 1. The summed E-state index contributed by atoms with van der Waals surface area (Å²) in [6.07, 6.45) is 0.00207. The molecule has 0 aliphatic heterocycles. The number of nitrogens with one attached hydrogen (secondary N) is 2. The molecule has 0 aliphatic rings. The van der Waals surface area contributed by atoms with Crippen molar-refractivity contribution in [1.29, 1.82) is 0 Å². The zero-order valence-electron chi connectivity index (χ0n) is 20.5. The van der Waals surface area contributed by atoms with Gasteiger partial charge in [-0.3, -0.25) is 9.59 Å². The van der Waals surface area contributed by atoms with Crippen LogP contribution < -0.4 is 10.6 Å². The van der Waals surface area contributed by atoms with Gasteiger partial charge < -0.3 is 20.3 Å². The molecule has 31 heavy (non-hydrogen) atoms. The molecule has 0 saturated carbocycles. The van der Waals surface area contributed by atoms with Crippen molar-refractivity contribution in [2.45, 2.75) is 85.9 Å². The normalized spacial score (nSPS) is 12.7. The van der Waals surface area contributed by atoms with Crippen LogP contribution in [0.3, 0.4) is 0 Å². The van der Waals surface area contributed by atoms with Gasteiger partial charge in [-0.1, -0.05) is 25.1 Å². The molecule has 174 valence electrons. The van der Waals surface area contributed by atoms with Gasteiger partial charge in [0.2, 0.25) is 11.8 Å². The first-order valence-electron chi connectivity index (χ1n) is 10.8. The van der Waals surface area contributed by atoms with Gasteiger partial charge in [-0.2, -0.15) is 0 Å². The van der Waals surface area contributed by atoms with Crippen LogP contribution in [0.25, 0.3) is 0 Å². The summed E-state index contributed by atoms with van der Waals surface area (Å²) in [4.78, 5) is 40.1. The first-order valence-corrected chi connectivity index (χ1v) is 10.8. The van der Waals surface area contributed by atoms with E-state index >= 15 is 0 Å². The minimum absolute atomic E-state index is 0.250. The van der Waals surface area contributed by atoms with Crippen LogP contribution in [0.4, 0.5) is 4.79 Å². The first kappa shape index (κ1) is 26.5. The van der Waals surface area contributed by atoms with E-state index in [0.717, 1.165) is 16.7 Å². The number of hydrogen-bond acceptors (Lipinski definition) is 4. The zero-order chi connectivity index (χ0) is 24.0. The number of hydrogen-bond donors (Lipinski definition) is 2. The van der Waals surface area contributed by atoms with Crippen molar-refractivity contribution in [1.82, 2.24) is 15.5 Å². The smallest absolute Gasteiger partial charge is 0.408 e. The highest BCUT2D eigenvalue weighted by Crippen LogP contribution is 2.27. The van der Waals surface area contributed by atoms with Crippen LogP contribution >= 0.6 is 0 Å². The van der Waals surface area contributed by atoms with Crippen molar-refractivity contribution in [3.63, 3.8) is 0 Å². The average molecular weight is 434 g/mol. The van der Waals surface area contributed by atoms with Crippen molar-refractivity contribution >= 4 is 17.9 Å². The number of carbonyl (C=O) groups excluding carboxylic acids is 3. The Balaban J connectivity index is 3.26. The van der Waals surface area contributed by atoms with Crippen LogP contribution in [0.5, 0.6) is 0 Å². The second kappa shape index (κ2) is 10.6. The fraction of sp³-hybridized carbons (Fsp3) is 0.625. The second-order valence-electron chi connectivity index (χ2n) is 9.87. The number of alkyl carbamates (subject to hydrolysis) is 1. The molecule has 1 aromatic rings. The van der Waals surface area contributed by atoms with Gasteiger partial charge in [-0.15, -0.1) is 0 Å². The third-order valence-electron chi connectivity index (χ3n) is 4.57. The monoisotopic (exact) mass is 433 g/mol. The van der Waals surface area contributed by atoms with Crippen LogP contribution in [0.15, 0.2) is 18.2 Å². The Bertz CT molecular complexity index is 791. The van der Waals surface area contributed by atoms with E-state index in [-0.39, 0.29) is 18.4 Å². The van der Waals surface area contributed by atoms with E-state index in [1.165, 1.54) is 0 Å². The average Bonchev–Trinajstić information content (AvgIpc) is 2.59. The van der Waals surface area contributed by atoms with E-state index in [9.17, 15) is 14.4 Å². The molecule has 7 heteroatoms. The van der Waals surface area contributed by atoms with Gasteiger partial charge in [0, 0.05) is 12.1 Å². The largest absolute Gasteiger partial charge is 0.444 e. The molecule has 3 amide bonds. The second-order valence-corrected chi connectivity index (χ2v) is 9.87. The predicted molar refractivity (Wildman–Crippen MR) is 123 cm³/mol. The Hall–Kier alpha value is -2.57. The number of amides is 3. The minimum atomic E-state index is -0.799. The van der Waals surface area contributed by atoms with E-state index in [0.29, 0.717) is 13.0 Å². The molecule has 0 aliphatic carbocycles. The Morgan fingerprint density at radius 3 is 2.19 bits per heavy atom. The van der Waals surface area contributed by atoms with Crippen molar-refractivity contribution in [3.05, 3.63) is 34.9 Å². The molecule has 2 N–H and O–H groups in total. The van der Waals surface area contributed by atoms with Crippen molar-refractivity contribution in [2.24, 2.45) is 0 Å². The molecule has 1 rings (SSSR count). The lowest BCUT2D eigenvalue weighted by Crippen LogP contribution is -2.51. The molecule has 1 unspecified atom stereocenters. The lowest BCUT2D eigenvalue weighted by atomic mass is 9.94. The standard InChI is InChI=1S/C24H39N3O4/c1-10-14-27(19(28)15-25-22(30)31-24(7,8)9)20(21(29)26-23(4,5)6)18-13-11-12-16(2)17(18)3/h11-13,20H,10,14-15H2,1-9H3,(H,25,30)(H,26,29). The van der Waals surface area contributed by atoms with Gasteiger partial charge in [-0.25, -0.2) is 4.79 Å². The number of carbonyl (C=O) groups is 3. The van der Waals surface area contributed by atoms with E-state index in [1.807, 2.05) is 59.7 Å². The van der Waals surface area contributed by atoms with E-state index < -0.39 is 23.3 Å².